The van der Waals surface area contributed by atoms with Gasteiger partial charge < -0.3 is 9.32 Å². The van der Waals surface area contributed by atoms with Crippen molar-refractivity contribution in [3.63, 3.8) is 0 Å². The average molecular weight is 334 g/mol. The second-order valence-electron chi connectivity index (χ2n) is 6.69. The van der Waals surface area contributed by atoms with Gasteiger partial charge in [0.25, 0.3) is 5.91 Å². The highest BCUT2D eigenvalue weighted by molar-refractivity contribution is 6.07. The second kappa shape index (κ2) is 6.71. The van der Waals surface area contributed by atoms with Gasteiger partial charge >= 0.3 is 0 Å². The maximum absolute atomic E-state index is 13.2. The fraction of sp³-hybridized carbons (Fsp3) is 0.333. The predicted octanol–water partition coefficient (Wildman–Crippen LogP) is 4.82. The van der Waals surface area contributed by atoms with Gasteiger partial charge in [-0.15, -0.1) is 0 Å². The van der Waals surface area contributed by atoms with Gasteiger partial charge in [0, 0.05) is 18.5 Å². The normalized spacial score (nSPS) is 15.3. The first-order valence-electron chi connectivity index (χ1n) is 8.98. The Morgan fingerprint density at radius 2 is 1.80 bits per heavy atom. The van der Waals surface area contributed by atoms with E-state index in [1.54, 1.807) is 0 Å². The molecule has 0 atom stereocenters. The summed E-state index contributed by atoms with van der Waals surface area (Å²) >= 11 is 0. The molecule has 1 amide bonds. The van der Waals surface area contributed by atoms with E-state index in [1.807, 2.05) is 54.3 Å². The third-order valence-corrected chi connectivity index (χ3v) is 4.83. The summed E-state index contributed by atoms with van der Waals surface area (Å²) in [7, 11) is 0. The van der Waals surface area contributed by atoms with Crippen LogP contribution in [-0.2, 0) is 0 Å². The van der Waals surface area contributed by atoms with Crippen molar-refractivity contribution in [2.24, 2.45) is 0 Å². The number of hydrogen-bond acceptors (Lipinski definition) is 3. The summed E-state index contributed by atoms with van der Waals surface area (Å²) in [4.78, 5) is 19.9. The summed E-state index contributed by atoms with van der Waals surface area (Å²) in [6.45, 7) is 3.59. The summed E-state index contributed by atoms with van der Waals surface area (Å²) in [6, 6.07) is 13.5. The van der Waals surface area contributed by atoms with Crippen LogP contribution >= 0.6 is 0 Å². The molecule has 3 aromatic rings. The summed E-state index contributed by atoms with van der Waals surface area (Å²) < 4.78 is 5.73. The molecule has 1 aliphatic heterocycles. The Morgan fingerprint density at radius 1 is 1.04 bits per heavy atom. The topological polar surface area (TPSA) is 46.3 Å². The van der Waals surface area contributed by atoms with Gasteiger partial charge in [-0.2, -0.15) is 0 Å². The number of furan rings is 1. The third kappa shape index (κ3) is 3.16. The van der Waals surface area contributed by atoms with Gasteiger partial charge in [-0.25, -0.2) is 4.98 Å². The van der Waals surface area contributed by atoms with Crippen molar-refractivity contribution in [3.05, 3.63) is 53.8 Å². The van der Waals surface area contributed by atoms with Crippen molar-refractivity contribution in [1.29, 1.82) is 0 Å². The molecule has 0 spiro atoms. The Kier molecular flexibility index (Phi) is 4.26. The molecule has 4 rings (SSSR count). The summed E-state index contributed by atoms with van der Waals surface area (Å²) in [5.41, 5.74) is 2.26. The Bertz CT molecular complexity index is 905. The molecule has 1 aromatic carbocycles. The number of carbonyl (C=O) groups excluding carboxylic acids is 1. The standard InChI is InChI=1S/C21H22N2O2/c1-15-10-11-20(25-15)19-14-17(16-8-4-5-9-18(16)22-19)21(24)23-12-6-2-3-7-13-23/h4-5,8-11,14H,2-3,6-7,12-13H2,1H3. The molecule has 128 valence electrons. The van der Waals surface area contributed by atoms with Crippen LogP contribution in [0.15, 0.2) is 46.9 Å². The minimum absolute atomic E-state index is 0.102. The minimum atomic E-state index is 0.102. The van der Waals surface area contributed by atoms with Gasteiger partial charge in [-0.05, 0) is 44.0 Å². The second-order valence-corrected chi connectivity index (χ2v) is 6.69. The molecule has 3 heterocycles. The number of rotatable bonds is 2. The largest absolute Gasteiger partial charge is 0.460 e. The first-order chi connectivity index (χ1) is 12.2. The number of amides is 1. The molecule has 1 saturated heterocycles. The Hall–Kier alpha value is -2.62. The summed E-state index contributed by atoms with van der Waals surface area (Å²) in [6.07, 6.45) is 4.58. The first kappa shape index (κ1) is 15.9. The molecular formula is C21H22N2O2. The zero-order valence-electron chi connectivity index (χ0n) is 14.5. The number of nitrogens with zero attached hydrogens (tertiary/aromatic N) is 2. The number of pyridine rings is 1. The molecule has 4 nitrogen and oxygen atoms in total. The number of carbonyl (C=O) groups is 1. The lowest BCUT2D eigenvalue weighted by molar-refractivity contribution is 0.0763. The van der Waals surface area contributed by atoms with E-state index >= 15 is 0 Å². The van der Waals surface area contributed by atoms with Gasteiger partial charge in [-0.1, -0.05) is 31.0 Å². The van der Waals surface area contributed by atoms with Crippen LogP contribution in [0.2, 0.25) is 0 Å². The van der Waals surface area contributed by atoms with E-state index in [1.165, 1.54) is 12.8 Å². The fourth-order valence-electron chi connectivity index (χ4n) is 3.49. The quantitative estimate of drug-likeness (QED) is 0.675. The van der Waals surface area contributed by atoms with Crippen LogP contribution in [0.1, 0.15) is 41.8 Å². The van der Waals surface area contributed by atoms with Crippen LogP contribution in [0.25, 0.3) is 22.4 Å². The molecule has 0 N–H and O–H groups in total. The van der Waals surface area contributed by atoms with Gasteiger partial charge in [0.15, 0.2) is 5.76 Å². The maximum Gasteiger partial charge on any atom is 0.254 e. The molecule has 2 aromatic heterocycles. The highest BCUT2D eigenvalue weighted by atomic mass is 16.3. The fourth-order valence-corrected chi connectivity index (χ4v) is 3.49. The predicted molar refractivity (Wildman–Crippen MR) is 98.6 cm³/mol. The summed E-state index contributed by atoms with van der Waals surface area (Å²) in [5, 5.41) is 0.906. The molecule has 0 bridgehead atoms. The number of para-hydroxylation sites is 1. The highest BCUT2D eigenvalue weighted by Crippen LogP contribution is 2.27. The van der Waals surface area contributed by atoms with E-state index in [0.29, 0.717) is 11.5 Å². The lowest BCUT2D eigenvalue weighted by Gasteiger charge is -2.21. The lowest BCUT2D eigenvalue weighted by atomic mass is 10.1. The first-order valence-corrected chi connectivity index (χ1v) is 8.98. The number of aromatic nitrogens is 1. The van der Waals surface area contributed by atoms with E-state index in [2.05, 4.69) is 0 Å². The van der Waals surface area contributed by atoms with Gasteiger partial charge in [0.05, 0.1) is 11.1 Å². The molecule has 1 aliphatic rings. The zero-order chi connectivity index (χ0) is 17.2. The van der Waals surface area contributed by atoms with E-state index in [4.69, 9.17) is 9.40 Å². The Balaban J connectivity index is 1.82. The lowest BCUT2D eigenvalue weighted by Crippen LogP contribution is -2.32. The van der Waals surface area contributed by atoms with Crippen molar-refractivity contribution in [2.75, 3.05) is 13.1 Å². The molecule has 4 heteroatoms. The number of likely N-dealkylation sites (tertiary alicyclic amines) is 1. The van der Waals surface area contributed by atoms with Crippen molar-refractivity contribution < 1.29 is 9.21 Å². The van der Waals surface area contributed by atoms with Crippen LogP contribution < -0.4 is 0 Å². The van der Waals surface area contributed by atoms with Crippen molar-refractivity contribution in [3.8, 4) is 11.5 Å². The number of benzene rings is 1. The number of aryl methyl sites for hydroxylation is 1. The minimum Gasteiger partial charge on any atom is -0.460 e. The van der Waals surface area contributed by atoms with Crippen molar-refractivity contribution in [2.45, 2.75) is 32.6 Å². The van der Waals surface area contributed by atoms with Crippen LogP contribution in [0, 0.1) is 6.92 Å². The zero-order valence-corrected chi connectivity index (χ0v) is 14.5. The maximum atomic E-state index is 13.2. The van der Waals surface area contributed by atoms with Gasteiger partial charge in [0.1, 0.15) is 11.5 Å². The highest BCUT2D eigenvalue weighted by Gasteiger charge is 2.21. The van der Waals surface area contributed by atoms with Crippen LogP contribution in [0.4, 0.5) is 0 Å². The Morgan fingerprint density at radius 3 is 2.52 bits per heavy atom. The van der Waals surface area contributed by atoms with Gasteiger partial charge in [0.2, 0.25) is 0 Å². The third-order valence-electron chi connectivity index (χ3n) is 4.83. The van der Waals surface area contributed by atoms with Crippen LogP contribution in [-0.4, -0.2) is 28.9 Å². The SMILES string of the molecule is Cc1ccc(-c2cc(C(=O)N3CCCCCC3)c3ccccc3n2)o1. The smallest absolute Gasteiger partial charge is 0.254 e. The number of hydrogen-bond donors (Lipinski definition) is 0. The molecular weight excluding hydrogens is 312 g/mol. The van der Waals surface area contributed by atoms with Crippen molar-refractivity contribution >= 4 is 16.8 Å². The summed E-state index contributed by atoms with van der Waals surface area (Å²) in [5.74, 6) is 1.64. The molecule has 0 unspecified atom stereocenters. The van der Waals surface area contributed by atoms with Crippen LogP contribution in [0.3, 0.4) is 0 Å². The van der Waals surface area contributed by atoms with E-state index in [-0.39, 0.29) is 5.91 Å². The monoisotopic (exact) mass is 334 g/mol. The molecule has 25 heavy (non-hydrogen) atoms. The molecule has 1 fully saturated rings. The van der Waals surface area contributed by atoms with Crippen molar-refractivity contribution in [1.82, 2.24) is 9.88 Å². The van der Waals surface area contributed by atoms with E-state index < -0.39 is 0 Å². The van der Waals surface area contributed by atoms with Gasteiger partial charge in [-0.3, -0.25) is 4.79 Å². The molecule has 0 saturated carbocycles. The molecule has 0 radical (unpaired) electrons. The molecule has 0 aliphatic carbocycles. The Labute approximate surface area is 147 Å². The number of fused-ring (bicyclic) bond motifs is 1. The van der Waals surface area contributed by atoms with E-state index in [0.717, 1.165) is 48.2 Å². The van der Waals surface area contributed by atoms with Crippen LogP contribution in [0.5, 0.6) is 0 Å². The average Bonchev–Trinajstić information content (AvgIpc) is 2.90. The van der Waals surface area contributed by atoms with E-state index in [9.17, 15) is 4.79 Å².